The van der Waals surface area contributed by atoms with Gasteiger partial charge in [-0.2, -0.15) is 4.37 Å². The van der Waals surface area contributed by atoms with Crippen molar-refractivity contribution in [1.82, 2.24) is 14.6 Å². The van der Waals surface area contributed by atoms with Crippen LogP contribution < -0.4 is 21.1 Å². The number of ether oxygens (including phenoxy) is 1. The van der Waals surface area contributed by atoms with E-state index in [4.69, 9.17) is 33.7 Å². The number of hydrogen-bond acceptors (Lipinski definition) is 8. The van der Waals surface area contributed by atoms with E-state index < -0.39 is 5.91 Å². The lowest BCUT2D eigenvalue weighted by Crippen LogP contribution is -2.37. The van der Waals surface area contributed by atoms with Gasteiger partial charge in [-0.3, -0.25) is 19.8 Å². The highest BCUT2D eigenvalue weighted by molar-refractivity contribution is 7.06. The van der Waals surface area contributed by atoms with Crippen LogP contribution in [0.15, 0.2) is 83.9 Å². The fraction of sp³-hybridized carbons (Fsp3) is 0.235. The Bertz CT molecular complexity index is 1720. The van der Waals surface area contributed by atoms with E-state index in [0.29, 0.717) is 48.0 Å². The van der Waals surface area contributed by atoms with Crippen LogP contribution in [0.1, 0.15) is 39.2 Å². The summed E-state index contributed by atoms with van der Waals surface area (Å²) < 4.78 is 10.4. The first-order valence-corrected chi connectivity index (χ1v) is 16.3. The first-order chi connectivity index (χ1) is 22.3. The van der Waals surface area contributed by atoms with Crippen molar-refractivity contribution in [2.24, 2.45) is 10.7 Å². The molecule has 0 saturated heterocycles. The van der Waals surface area contributed by atoms with Crippen molar-refractivity contribution in [2.75, 3.05) is 25.0 Å². The van der Waals surface area contributed by atoms with E-state index in [1.54, 1.807) is 12.1 Å². The topological polar surface area (TPSA) is 122 Å². The summed E-state index contributed by atoms with van der Waals surface area (Å²) in [5.41, 5.74) is 9.94. The summed E-state index contributed by atoms with van der Waals surface area (Å²) in [4.78, 5) is 33.5. The molecule has 5 heterocycles. The first-order valence-electron chi connectivity index (χ1n) is 14.8. The van der Waals surface area contributed by atoms with E-state index in [1.165, 1.54) is 11.5 Å². The van der Waals surface area contributed by atoms with Gasteiger partial charge in [0.15, 0.2) is 5.96 Å². The predicted molar refractivity (Wildman–Crippen MR) is 186 cm³/mol. The number of nitrogens with zero attached hydrogens (tertiary/aromatic N) is 3. The number of allylic oxidation sites excluding steroid dienone is 1. The van der Waals surface area contributed by atoms with Gasteiger partial charge < -0.3 is 15.8 Å². The average molecular weight is 678 g/mol. The number of halogens is 2. The van der Waals surface area contributed by atoms with Crippen molar-refractivity contribution < 1.29 is 14.3 Å². The highest BCUT2D eigenvalue weighted by Gasteiger charge is 2.21. The number of amides is 2. The second-order valence-corrected chi connectivity index (χ2v) is 12.5. The van der Waals surface area contributed by atoms with Crippen LogP contribution in [-0.2, 0) is 17.9 Å². The molecular formula is C34H34Cl2N6O3S. The number of nitrogens with one attached hydrogen (secondary N) is 2. The molecule has 0 atom stereocenters. The molecule has 1 aromatic heterocycles. The van der Waals surface area contributed by atoms with Gasteiger partial charge in [-0.05, 0) is 85.4 Å². The van der Waals surface area contributed by atoms with Crippen LogP contribution in [0.4, 0.5) is 5.69 Å². The summed E-state index contributed by atoms with van der Waals surface area (Å²) >= 11 is 14.3. The third-order valence-electron chi connectivity index (χ3n) is 7.23. The van der Waals surface area contributed by atoms with Crippen molar-refractivity contribution in [3.8, 4) is 17.0 Å². The maximum absolute atomic E-state index is 13.2. The van der Waals surface area contributed by atoms with E-state index in [-0.39, 0.29) is 35.0 Å². The van der Waals surface area contributed by atoms with Crippen LogP contribution in [-0.4, -0.2) is 46.7 Å². The summed E-state index contributed by atoms with van der Waals surface area (Å²) in [6.07, 6.45) is 5.75. The van der Waals surface area contributed by atoms with Crippen LogP contribution in [0.25, 0.3) is 11.3 Å². The molecule has 4 aliphatic rings. The van der Waals surface area contributed by atoms with Crippen LogP contribution in [0.5, 0.6) is 5.75 Å². The Labute approximate surface area is 282 Å². The van der Waals surface area contributed by atoms with Crippen LogP contribution >= 0.6 is 34.7 Å². The molecule has 46 heavy (non-hydrogen) atoms. The highest BCUT2D eigenvalue weighted by Crippen LogP contribution is 2.33. The molecule has 0 fully saturated rings. The second kappa shape index (κ2) is 15.9. The Balaban J connectivity index is 1.38. The summed E-state index contributed by atoms with van der Waals surface area (Å²) in [7, 11) is 0. The molecule has 0 saturated carbocycles. The summed E-state index contributed by atoms with van der Waals surface area (Å²) in [5.74, 6) is -0.00334. The van der Waals surface area contributed by atoms with Gasteiger partial charge >= 0.3 is 0 Å². The number of guanidine groups is 1. The lowest BCUT2D eigenvalue weighted by molar-refractivity contribution is -0.117. The molecule has 3 aromatic carbocycles. The van der Waals surface area contributed by atoms with Gasteiger partial charge in [-0.25, -0.2) is 4.99 Å². The third kappa shape index (κ3) is 8.95. The van der Waals surface area contributed by atoms with E-state index in [1.807, 2.05) is 67.6 Å². The number of aryl methyl sites for hydroxylation is 1. The maximum atomic E-state index is 13.2. The molecule has 0 spiro atoms. The quantitative estimate of drug-likeness (QED) is 0.200. The number of hydrogen-bond donors (Lipinski definition) is 3. The predicted octanol–water partition coefficient (Wildman–Crippen LogP) is 6.84. The van der Waals surface area contributed by atoms with Gasteiger partial charge in [0.25, 0.3) is 5.91 Å². The molecule has 4 aliphatic heterocycles. The largest absolute Gasteiger partial charge is 0.490 e. The van der Waals surface area contributed by atoms with E-state index in [0.717, 1.165) is 28.8 Å². The van der Waals surface area contributed by atoms with Gasteiger partial charge in [0.05, 0.1) is 40.1 Å². The zero-order valence-corrected chi connectivity index (χ0v) is 27.6. The van der Waals surface area contributed by atoms with Gasteiger partial charge in [-0.1, -0.05) is 65.7 Å². The molecule has 8 rings (SSSR count). The Morgan fingerprint density at radius 3 is 2.48 bits per heavy atom. The second-order valence-electron chi connectivity index (χ2n) is 10.7. The average Bonchev–Trinajstić information content (AvgIpc) is 3.43. The fourth-order valence-corrected chi connectivity index (χ4v) is 6.31. The minimum Gasteiger partial charge on any atom is -0.490 e. The molecule has 12 heteroatoms. The minimum atomic E-state index is -0.412. The van der Waals surface area contributed by atoms with Crippen molar-refractivity contribution in [1.29, 1.82) is 0 Å². The molecule has 4 bridgehead atoms. The number of aliphatic imine (C=N–C) groups is 1. The van der Waals surface area contributed by atoms with E-state index in [9.17, 15) is 9.59 Å². The van der Waals surface area contributed by atoms with Crippen LogP contribution in [0.3, 0.4) is 0 Å². The SMILES string of the molecule is Cc1snc2c1C(=O)NC(N)=NCc1cc(Cl)c(c(Cl)c1)NC(=O)CN(Cc1ccccc1)CCC/C=C\COc1ccc-2cc1. The number of anilines is 1. The van der Waals surface area contributed by atoms with Gasteiger partial charge in [0.2, 0.25) is 5.91 Å². The first kappa shape index (κ1) is 33.2. The number of nitrogens with two attached hydrogens (primary N) is 1. The van der Waals surface area contributed by atoms with Gasteiger partial charge in [0, 0.05) is 17.0 Å². The van der Waals surface area contributed by atoms with E-state index in [2.05, 4.69) is 31.0 Å². The summed E-state index contributed by atoms with van der Waals surface area (Å²) in [6.45, 7) is 3.84. The monoisotopic (exact) mass is 676 g/mol. The molecule has 4 N–H and O–H groups in total. The Morgan fingerprint density at radius 2 is 1.74 bits per heavy atom. The lowest BCUT2D eigenvalue weighted by atomic mass is 10.1. The molecule has 4 aromatic rings. The Hall–Kier alpha value is -4.22. The smallest absolute Gasteiger partial charge is 0.261 e. The molecule has 9 nitrogen and oxygen atoms in total. The Morgan fingerprint density at radius 1 is 1.00 bits per heavy atom. The van der Waals surface area contributed by atoms with E-state index >= 15 is 0 Å². The van der Waals surface area contributed by atoms with Crippen LogP contribution in [0, 0.1) is 6.92 Å². The Kier molecular flexibility index (Phi) is 11.4. The van der Waals surface area contributed by atoms with Crippen molar-refractivity contribution in [3.05, 3.63) is 110 Å². The molecule has 0 aliphatic carbocycles. The number of benzene rings is 3. The zero-order valence-electron chi connectivity index (χ0n) is 25.3. The number of aromatic nitrogens is 1. The summed E-state index contributed by atoms with van der Waals surface area (Å²) in [5, 5.41) is 6.08. The molecule has 0 radical (unpaired) electrons. The van der Waals surface area contributed by atoms with Gasteiger partial charge in [-0.15, -0.1) is 0 Å². The molecular weight excluding hydrogens is 643 g/mol. The normalized spacial score (nSPS) is 16.2. The standard InChI is InChI=1S/C34H34Cl2N6O3S/c1-22-30-31(41-46-22)25-11-13-26(14-12-25)45-16-8-3-2-7-15-42(20-23-9-5-4-6-10-23)21-29(43)39-32-27(35)17-24(18-28(32)36)19-38-34(37)40-33(30)44/h3-6,8-14,17-18H,2,7,15-16,19-21H2,1H3,(H,39,43)(H3,37,38,40,44)/b8-3-. The van der Waals surface area contributed by atoms with Crippen LogP contribution in [0.2, 0.25) is 10.0 Å². The van der Waals surface area contributed by atoms with Crippen molar-refractivity contribution in [3.63, 3.8) is 0 Å². The highest BCUT2D eigenvalue weighted by atomic mass is 35.5. The zero-order chi connectivity index (χ0) is 32.5. The molecule has 238 valence electrons. The van der Waals surface area contributed by atoms with Gasteiger partial charge in [0.1, 0.15) is 12.4 Å². The summed E-state index contributed by atoms with van der Waals surface area (Å²) in [6, 6.07) is 20.8. The fourth-order valence-electron chi connectivity index (χ4n) is 4.98. The van der Waals surface area contributed by atoms with Crippen molar-refractivity contribution >= 4 is 58.2 Å². The minimum absolute atomic E-state index is 0.0667. The number of rotatable bonds is 2. The number of carbonyl (C=O) groups is 2. The maximum Gasteiger partial charge on any atom is 0.261 e. The third-order valence-corrected chi connectivity index (χ3v) is 8.58. The molecule has 0 unspecified atom stereocenters. The van der Waals surface area contributed by atoms with Crippen molar-refractivity contribution in [2.45, 2.75) is 32.9 Å². The number of carbonyl (C=O) groups excluding carboxylic acids is 2. The lowest BCUT2D eigenvalue weighted by Gasteiger charge is -2.22. The molecule has 2 amide bonds.